The number of hydrogen-bond acceptors (Lipinski definition) is 2. The third-order valence-corrected chi connectivity index (χ3v) is 4.78. The minimum Gasteiger partial charge on any atom is -0.354 e. The van der Waals surface area contributed by atoms with Crippen LogP contribution in [0.3, 0.4) is 0 Å². The molecule has 1 atom stereocenters. The van der Waals surface area contributed by atoms with Crippen LogP contribution in [0, 0.1) is 19.7 Å². The molecule has 1 unspecified atom stereocenters. The summed E-state index contributed by atoms with van der Waals surface area (Å²) < 4.78 is 15.5. The average molecular weight is 368 g/mol. The van der Waals surface area contributed by atoms with Gasteiger partial charge in [0, 0.05) is 6.54 Å². The Bertz CT molecular complexity index is 667. The van der Waals surface area contributed by atoms with Crippen LogP contribution in [0.15, 0.2) is 28.7 Å². The number of carbonyl (C=O) groups is 1. The second-order valence-corrected chi connectivity index (χ2v) is 6.19. The molecule has 1 aromatic carbocycles. The van der Waals surface area contributed by atoms with Gasteiger partial charge in [-0.15, -0.1) is 0 Å². The number of hydrogen-bond donors (Lipinski definition) is 1. The first-order chi connectivity index (χ1) is 10.4. The predicted octanol–water partition coefficient (Wildman–Crippen LogP) is 3.32. The fourth-order valence-corrected chi connectivity index (χ4v) is 2.48. The van der Waals surface area contributed by atoms with Gasteiger partial charge in [-0.1, -0.05) is 19.1 Å². The van der Waals surface area contributed by atoms with Crippen LogP contribution in [0.5, 0.6) is 0 Å². The van der Waals surface area contributed by atoms with Gasteiger partial charge in [0.15, 0.2) is 0 Å². The predicted molar refractivity (Wildman–Crippen MR) is 87.2 cm³/mol. The Balaban J connectivity index is 1.89. The third-order valence-electron chi connectivity index (χ3n) is 3.63. The van der Waals surface area contributed by atoms with E-state index in [4.69, 9.17) is 0 Å². The zero-order valence-electron chi connectivity index (χ0n) is 12.9. The molecule has 1 N–H and O–H groups in total. The highest BCUT2D eigenvalue weighted by molar-refractivity contribution is 9.10. The van der Waals surface area contributed by atoms with Crippen molar-refractivity contribution in [2.24, 2.45) is 0 Å². The van der Waals surface area contributed by atoms with Crippen LogP contribution in [0.1, 0.15) is 29.8 Å². The van der Waals surface area contributed by atoms with Crippen LogP contribution < -0.4 is 5.32 Å². The van der Waals surface area contributed by atoms with Gasteiger partial charge in [-0.3, -0.25) is 9.48 Å². The van der Waals surface area contributed by atoms with Crippen molar-refractivity contribution in [3.63, 3.8) is 0 Å². The third kappa shape index (κ3) is 3.94. The molecule has 6 heteroatoms. The molecular weight excluding hydrogens is 349 g/mol. The fraction of sp³-hybridized carbons (Fsp3) is 0.375. The van der Waals surface area contributed by atoms with E-state index < -0.39 is 0 Å². The second kappa shape index (κ2) is 7.05. The summed E-state index contributed by atoms with van der Waals surface area (Å²) in [5.41, 5.74) is 2.79. The monoisotopic (exact) mass is 367 g/mol. The fourth-order valence-electron chi connectivity index (χ4n) is 2.20. The molecule has 0 bridgehead atoms. The van der Waals surface area contributed by atoms with Crippen LogP contribution in [-0.4, -0.2) is 22.2 Å². The standard InChI is InChI=1S/C16H19BrFN3O/c1-10(13-4-6-14(18)7-5-13)8-19-15(22)9-21-12(3)16(17)11(2)20-21/h4-7,10H,8-9H2,1-3H3,(H,19,22). The van der Waals surface area contributed by atoms with Crippen LogP contribution in [-0.2, 0) is 11.3 Å². The Hall–Kier alpha value is -1.69. The van der Waals surface area contributed by atoms with Crippen molar-refractivity contribution in [3.8, 4) is 0 Å². The second-order valence-electron chi connectivity index (χ2n) is 5.40. The maximum atomic E-state index is 12.9. The number of nitrogens with one attached hydrogen (secondary N) is 1. The number of aromatic nitrogens is 2. The van der Waals surface area contributed by atoms with Crippen LogP contribution in [0.25, 0.3) is 0 Å². The van der Waals surface area contributed by atoms with Gasteiger partial charge in [-0.05, 0) is 53.4 Å². The molecule has 0 spiro atoms. The lowest BCUT2D eigenvalue weighted by atomic mass is 10.0. The van der Waals surface area contributed by atoms with Crippen molar-refractivity contribution >= 4 is 21.8 Å². The maximum absolute atomic E-state index is 12.9. The Kier molecular flexibility index (Phi) is 5.34. The first-order valence-electron chi connectivity index (χ1n) is 7.10. The molecule has 0 aliphatic carbocycles. The minimum atomic E-state index is -0.255. The quantitative estimate of drug-likeness (QED) is 0.880. The molecule has 2 aromatic rings. The molecule has 1 amide bonds. The smallest absolute Gasteiger partial charge is 0.241 e. The Morgan fingerprint density at radius 1 is 1.36 bits per heavy atom. The van der Waals surface area contributed by atoms with Crippen molar-refractivity contribution in [1.82, 2.24) is 15.1 Å². The summed E-state index contributed by atoms with van der Waals surface area (Å²) in [5, 5.41) is 7.20. The Morgan fingerprint density at radius 3 is 2.55 bits per heavy atom. The van der Waals surface area contributed by atoms with Gasteiger partial charge in [0.1, 0.15) is 12.4 Å². The van der Waals surface area contributed by atoms with Crippen molar-refractivity contribution < 1.29 is 9.18 Å². The summed E-state index contributed by atoms with van der Waals surface area (Å²) in [4.78, 5) is 12.0. The summed E-state index contributed by atoms with van der Waals surface area (Å²) in [6, 6.07) is 6.34. The molecule has 1 heterocycles. The van der Waals surface area contributed by atoms with E-state index in [1.165, 1.54) is 12.1 Å². The van der Waals surface area contributed by atoms with Gasteiger partial charge in [0.2, 0.25) is 5.91 Å². The van der Waals surface area contributed by atoms with Gasteiger partial charge >= 0.3 is 0 Å². The molecule has 4 nitrogen and oxygen atoms in total. The number of amides is 1. The number of benzene rings is 1. The Morgan fingerprint density at radius 2 is 2.00 bits per heavy atom. The number of aryl methyl sites for hydroxylation is 1. The highest BCUT2D eigenvalue weighted by atomic mass is 79.9. The largest absolute Gasteiger partial charge is 0.354 e. The number of halogens is 2. The van der Waals surface area contributed by atoms with Gasteiger partial charge < -0.3 is 5.32 Å². The highest BCUT2D eigenvalue weighted by Gasteiger charge is 2.13. The van der Waals surface area contributed by atoms with E-state index in [1.807, 2.05) is 20.8 Å². The van der Waals surface area contributed by atoms with Gasteiger partial charge in [0.05, 0.1) is 15.9 Å². The molecule has 22 heavy (non-hydrogen) atoms. The Labute approximate surface area is 137 Å². The van der Waals surface area contributed by atoms with Crippen LogP contribution in [0.2, 0.25) is 0 Å². The molecule has 0 saturated carbocycles. The van der Waals surface area contributed by atoms with Crippen LogP contribution >= 0.6 is 15.9 Å². The first kappa shape index (κ1) is 16.7. The lowest BCUT2D eigenvalue weighted by Crippen LogP contribution is -2.31. The van der Waals surface area contributed by atoms with Crippen molar-refractivity contribution in [2.75, 3.05) is 6.54 Å². The van der Waals surface area contributed by atoms with E-state index >= 15 is 0 Å². The van der Waals surface area contributed by atoms with Gasteiger partial charge in [0.25, 0.3) is 0 Å². The van der Waals surface area contributed by atoms with E-state index in [2.05, 4.69) is 26.3 Å². The molecule has 0 aliphatic heterocycles. The number of nitrogens with zero attached hydrogens (tertiary/aromatic N) is 2. The van der Waals surface area contributed by atoms with Crippen molar-refractivity contribution in [3.05, 3.63) is 51.5 Å². The molecule has 2 rings (SSSR count). The van der Waals surface area contributed by atoms with E-state index in [1.54, 1.807) is 16.8 Å². The molecule has 1 aromatic heterocycles. The molecule has 0 aliphatic rings. The molecular formula is C16H19BrFN3O. The minimum absolute atomic E-state index is 0.0907. The lowest BCUT2D eigenvalue weighted by molar-refractivity contribution is -0.121. The average Bonchev–Trinajstić information content (AvgIpc) is 2.73. The van der Waals surface area contributed by atoms with Gasteiger partial charge in [-0.25, -0.2) is 4.39 Å². The van der Waals surface area contributed by atoms with Crippen molar-refractivity contribution in [1.29, 1.82) is 0 Å². The maximum Gasteiger partial charge on any atom is 0.241 e. The van der Waals surface area contributed by atoms with Crippen LogP contribution in [0.4, 0.5) is 4.39 Å². The summed E-state index contributed by atoms with van der Waals surface area (Å²) in [5.74, 6) is -0.223. The van der Waals surface area contributed by atoms with E-state index in [0.29, 0.717) is 6.54 Å². The SMILES string of the molecule is Cc1nn(CC(=O)NCC(C)c2ccc(F)cc2)c(C)c1Br. The normalized spacial score (nSPS) is 12.2. The molecule has 0 radical (unpaired) electrons. The number of carbonyl (C=O) groups excluding carboxylic acids is 1. The van der Waals surface area contributed by atoms with E-state index in [-0.39, 0.29) is 24.2 Å². The van der Waals surface area contributed by atoms with Gasteiger partial charge in [-0.2, -0.15) is 5.10 Å². The summed E-state index contributed by atoms with van der Waals surface area (Å²) in [6.45, 7) is 6.49. The lowest BCUT2D eigenvalue weighted by Gasteiger charge is -2.13. The van der Waals surface area contributed by atoms with E-state index in [0.717, 1.165) is 21.4 Å². The molecule has 118 valence electrons. The topological polar surface area (TPSA) is 46.9 Å². The number of rotatable bonds is 5. The summed E-state index contributed by atoms with van der Waals surface area (Å²) >= 11 is 3.44. The summed E-state index contributed by atoms with van der Waals surface area (Å²) in [6.07, 6.45) is 0. The molecule has 0 saturated heterocycles. The zero-order chi connectivity index (χ0) is 16.3. The van der Waals surface area contributed by atoms with Crippen molar-refractivity contribution in [2.45, 2.75) is 33.2 Å². The summed E-state index contributed by atoms with van der Waals surface area (Å²) in [7, 11) is 0. The zero-order valence-corrected chi connectivity index (χ0v) is 14.4. The van der Waals surface area contributed by atoms with E-state index in [9.17, 15) is 9.18 Å². The first-order valence-corrected chi connectivity index (χ1v) is 7.89. The highest BCUT2D eigenvalue weighted by Crippen LogP contribution is 2.19. The molecule has 0 fully saturated rings.